The molecular weight excluding hydrogens is 387 g/mol. The lowest BCUT2D eigenvalue weighted by Crippen LogP contribution is -2.45. The molecule has 0 spiro atoms. The Balaban J connectivity index is 1.50. The van der Waals surface area contributed by atoms with Crippen LogP contribution in [0.3, 0.4) is 0 Å². The minimum atomic E-state index is -0.323. The summed E-state index contributed by atoms with van der Waals surface area (Å²) in [5, 5.41) is 2.93. The number of nitrogens with zero attached hydrogens (tertiary/aromatic N) is 2. The first-order chi connectivity index (χ1) is 14.2. The smallest absolute Gasteiger partial charge is 0.140 e. The average molecular weight is 411 g/mol. The number of benzene rings is 2. The third kappa shape index (κ3) is 4.71. The zero-order chi connectivity index (χ0) is 20.1. The van der Waals surface area contributed by atoms with Gasteiger partial charge in [0.1, 0.15) is 35.5 Å². The maximum Gasteiger partial charge on any atom is 0.140 e. The van der Waals surface area contributed by atoms with Crippen LogP contribution in [0.15, 0.2) is 60.0 Å². The quantitative estimate of drug-likeness (QED) is 0.507. The molecule has 4 rings (SSSR count). The number of hydrogen-bond acceptors (Lipinski definition) is 5. The van der Waals surface area contributed by atoms with E-state index in [1.165, 1.54) is 12.1 Å². The number of carbonyl (C=O) groups excluding carboxylic acids is 1. The summed E-state index contributed by atoms with van der Waals surface area (Å²) in [6.45, 7) is 1.16. The molecule has 6 heteroatoms. The van der Waals surface area contributed by atoms with E-state index in [0.717, 1.165) is 54.1 Å². The number of thiazole rings is 1. The lowest BCUT2D eigenvalue weighted by atomic mass is 9.98. The van der Waals surface area contributed by atoms with E-state index in [1.54, 1.807) is 23.5 Å². The van der Waals surface area contributed by atoms with Crippen LogP contribution in [-0.2, 0) is 4.79 Å². The van der Waals surface area contributed by atoms with Crippen LogP contribution in [0, 0.1) is 5.82 Å². The van der Waals surface area contributed by atoms with Gasteiger partial charge >= 0.3 is 0 Å². The molecule has 4 nitrogen and oxygen atoms in total. The number of carbonyl (C=O) groups is 1. The van der Waals surface area contributed by atoms with E-state index < -0.39 is 0 Å². The molecule has 2 heterocycles. The highest BCUT2D eigenvalue weighted by molar-refractivity contribution is 7.13. The van der Waals surface area contributed by atoms with Crippen LogP contribution >= 0.6 is 11.3 Å². The molecule has 150 valence electrons. The van der Waals surface area contributed by atoms with E-state index in [-0.39, 0.29) is 17.9 Å². The molecule has 1 saturated heterocycles. The van der Waals surface area contributed by atoms with Gasteiger partial charge in [-0.15, -0.1) is 11.3 Å². The lowest BCUT2D eigenvalue weighted by molar-refractivity contribution is -0.115. The Hall–Kier alpha value is -2.57. The Morgan fingerprint density at radius 3 is 2.72 bits per heavy atom. The van der Waals surface area contributed by atoms with E-state index in [1.807, 2.05) is 30.3 Å². The molecule has 3 aromatic rings. The van der Waals surface area contributed by atoms with Crippen molar-refractivity contribution in [1.82, 2.24) is 9.88 Å². The SMILES string of the molecule is O=CC(COc1ccccc1)N1CCCCC1c1csc(-c2ccc(F)cc2)n1. The van der Waals surface area contributed by atoms with Gasteiger partial charge in [0.2, 0.25) is 0 Å². The first-order valence-electron chi connectivity index (χ1n) is 9.85. The minimum absolute atomic E-state index is 0.0868. The molecule has 1 aliphatic rings. The van der Waals surface area contributed by atoms with Gasteiger partial charge in [0.15, 0.2) is 0 Å². The number of ether oxygens (including phenoxy) is 1. The number of likely N-dealkylation sites (tertiary alicyclic amines) is 1. The molecule has 0 amide bonds. The first kappa shape index (κ1) is 19.7. The molecule has 2 unspecified atom stereocenters. The van der Waals surface area contributed by atoms with E-state index in [9.17, 15) is 9.18 Å². The fraction of sp³-hybridized carbons (Fsp3) is 0.304. The van der Waals surface area contributed by atoms with Gasteiger partial charge in [0, 0.05) is 10.9 Å². The molecule has 0 aliphatic carbocycles. The van der Waals surface area contributed by atoms with Gasteiger partial charge in [-0.25, -0.2) is 9.37 Å². The van der Waals surface area contributed by atoms with Gasteiger partial charge in [-0.3, -0.25) is 4.90 Å². The number of halogens is 1. The van der Waals surface area contributed by atoms with Crippen molar-refractivity contribution in [2.45, 2.75) is 31.3 Å². The van der Waals surface area contributed by atoms with Crippen LogP contribution in [0.5, 0.6) is 5.75 Å². The first-order valence-corrected chi connectivity index (χ1v) is 10.7. The van der Waals surface area contributed by atoms with Gasteiger partial charge in [0.25, 0.3) is 0 Å². The highest BCUT2D eigenvalue weighted by Gasteiger charge is 2.31. The summed E-state index contributed by atoms with van der Waals surface area (Å²) >= 11 is 1.55. The normalized spacial score (nSPS) is 18.3. The van der Waals surface area contributed by atoms with Crippen molar-refractivity contribution in [3.8, 4) is 16.3 Å². The van der Waals surface area contributed by atoms with Crippen molar-refractivity contribution in [2.24, 2.45) is 0 Å². The Bertz CT molecular complexity index is 930. The van der Waals surface area contributed by atoms with Crippen molar-refractivity contribution < 1.29 is 13.9 Å². The van der Waals surface area contributed by atoms with Crippen molar-refractivity contribution in [1.29, 1.82) is 0 Å². The van der Waals surface area contributed by atoms with Crippen LogP contribution in [-0.4, -0.2) is 35.4 Å². The third-order valence-corrected chi connectivity index (χ3v) is 6.16. The topological polar surface area (TPSA) is 42.4 Å². The highest BCUT2D eigenvalue weighted by atomic mass is 32.1. The van der Waals surface area contributed by atoms with E-state index in [0.29, 0.717) is 6.61 Å². The van der Waals surface area contributed by atoms with Gasteiger partial charge in [-0.2, -0.15) is 0 Å². The number of para-hydroxylation sites is 1. The average Bonchev–Trinajstić information content (AvgIpc) is 3.26. The Morgan fingerprint density at radius 2 is 1.97 bits per heavy atom. The van der Waals surface area contributed by atoms with Gasteiger partial charge in [-0.1, -0.05) is 24.6 Å². The predicted octanol–water partition coefficient (Wildman–Crippen LogP) is 5.12. The predicted molar refractivity (Wildman–Crippen MR) is 113 cm³/mol. The maximum atomic E-state index is 13.2. The number of aromatic nitrogens is 1. The fourth-order valence-corrected chi connectivity index (χ4v) is 4.62. The summed E-state index contributed by atoms with van der Waals surface area (Å²) in [6, 6.07) is 15.7. The molecule has 1 aromatic heterocycles. The zero-order valence-corrected chi connectivity index (χ0v) is 16.9. The number of aldehydes is 1. The lowest BCUT2D eigenvalue weighted by Gasteiger charge is -2.38. The van der Waals surface area contributed by atoms with Gasteiger partial charge < -0.3 is 9.53 Å². The van der Waals surface area contributed by atoms with Gasteiger partial charge in [-0.05, 0) is 55.8 Å². The van der Waals surface area contributed by atoms with Crippen LogP contribution in [0.2, 0.25) is 0 Å². The number of rotatable bonds is 7. The maximum absolute atomic E-state index is 13.2. The third-order valence-electron chi connectivity index (χ3n) is 5.25. The van der Waals surface area contributed by atoms with Crippen molar-refractivity contribution in [2.75, 3.05) is 13.2 Å². The Labute approximate surface area is 174 Å². The van der Waals surface area contributed by atoms with Crippen molar-refractivity contribution in [3.05, 3.63) is 71.5 Å². The van der Waals surface area contributed by atoms with E-state index in [4.69, 9.17) is 9.72 Å². The second-order valence-electron chi connectivity index (χ2n) is 7.16. The molecule has 2 aromatic carbocycles. The van der Waals surface area contributed by atoms with E-state index in [2.05, 4.69) is 10.3 Å². The van der Waals surface area contributed by atoms with Crippen LogP contribution < -0.4 is 4.74 Å². The Kier molecular flexibility index (Phi) is 6.32. The fourth-order valence-electron chi connectivity index (χ4n) is 3.74. The number of hydrogen-bond donors (Lipinski definition) is 0. The molecule has 0 bridgehead atoms. The summed E-state index contributed by atoms with van der Waals surface area (Å²) in [6.07, 6.45) is 4.10. The standard InChI is InChI=1S/C23H23FN2O2S/c24-18-11-9-17(10-12-18)23-25-21(16-29-23)22-8-4-5-13-26(22)19(14-27)15-28-20-6-2-1-3-7-20/h1-3,6-7,9-12,14,16,19,22H,4-5,8,13,15H2. The highest BCUT2D eigenvalue weighted by Crippen LogP contribution is 2.35. The van der Waals surface area contributed by atoms with Crippen LogP contribution in [0.25, 0.3) is 10.6 Å². The largest absolute Gasteiger partial charge is 0.491 e. The number of piperidine rings is 1. The molecule has 1 fully saturated rings. The summed E-state index contributed by atoms with van der Waals surface area (Å²) in [7, 11) is 0. The second-order valence-corrected chi connectivity index (χ2v) is 8.02. The molecule has 0 radical (unpaired) electrons. The monoisotopic (exact) mass is 410 g/mol. The molecular formula is C23H23FN2O2S. The van der Waals surface area contributed by atoms with Crippen molar-refractivity contribution in [3.63, 3.8) is 0 Å². The van der Waals surface area contributed by atoms with Crippen molar-refractivity contribution >= 4 is 17.6 Å². The summed E-state index contributed by atoms with van der Waals surface area (Å²) in [5.41, 5.74) is 1.88. The minimum Gasteiger partial charge on any atom is -0.491 e. The molecule has 0 N–H and O–H groups in total. The van der Waals surface area contributed by atoms with Crippen LogP contribution in [0.1, 0.15) is 31.0 Å². The zero-order valence-electron chi connectivity index (χ0n) is 16.0. The molecule has 1 aliphatic heterocycles. The molecule has 2 atom stereocenters. The summed E-state index contributed by atoms with van der Waals surface area (Å²) < 4.78 is 19.1. The van der Waals surface area contributed by atoms with Crippen LogP contribution in [0.4, 0.5) is 4.39 Å². The second kappa shape index (κ2) is 9.29. The molecule has 29 heavy (non-hydrogen) atoms. The van der Waals surface area contributed by atoms with E-state index >= 15 is 0 Å². The summed E-state index contributed by atoms with van der Waals surface area (Å²) in [5.74, 6) is 0.511. The van der Waals surface area contributed by atoms with Gasteiger partial charge in [0.05, 0.1) is 11.7 Å². The summed E-state index contributed by atoms with van der Waals surface area (Å²) in [4.78, 5) is 18.9. The Morgan fingerprint density at radius 1 is 1.17 bits per heavy atom. The molecule has 0 saturated carbocycles.